The molecule has 1 unspecified atom stereocenters. The lowest BCUT2D eigenvalue weighted by atomic mass is 10.1. The summed E-state index contributed by atoms with van der Waals surface area (Å²) < 4.78 is 0. The molecule has 15 heavy (non-hydrogen) atoms. The molecule has 1 aromatic carbocycles. The number of benzene rings is 1. The average Bonchev–Trinajstić information content (AvgIpc) is 2.46. The molecule has 1 aromatic rings. The van der Waals surface area contributed by atoms with Gasteiger partial charge in [-0.1, -0.05) is 37.0 Å². The third-order valence-electron chi connectivity index (χ3n) is 2.77. The number of rotatable bonds is 2. The van der Waals surface area contributed by atoms with Crippen molar-refractivity contribution in [1.29, 1.82) is 0 Å². The number of aryl methyl sites for hydroxylation is 1. The lowest BCUT2D eigenvalue weighted by Crippen LogP contribution is -2.26. The highest BCUT2D eigenvalue weighted by Crippen LogP contribution is 2.38. The van der Waals surface area contributed by atoms with Gasteiger partial charge in [0, 0.05) is 22.1 Å². The molecule has 0 fully saturated rings. The van der Waals surface area contributed by atoms with Gasteiger partial charge in [-0.05, 0) is 36.1 Å². The number of hydrogen-bond acceptors (Lipinski definition) is 1. The van der Waals surface area contributed by atoms with Gasteiger partial charge in [0.15, 0.2) is 0 Å². The first kappa shape index (κ1) is 11.3. The van der Waals surface area contributed by atoms with E-state index in [0.717, 1.165) is 22.9 Å². The molecule has 0 radical (unpaired) electrons. The Labute approximate surface area is 101 Å². The van der Waals surface area contributed by atoms with Crippen LogP contribution in [0, 0.1) is 0 Å². The molecular weight excluding hydrogens is 229 g/mol. The van der Waals surface area contributed by atoms with E-state index in [1.54, 1.807) is 0 Å². The zero-order valence-electron chi connectivity index (χ0n) is 8.98. The zero-order valence-corrected chi connectivity index (χ0v) is 10.5. The fourth-order valence-electron chi connectivity index (χ4n) is 2.25. The molecule has 1 N–H and O–H groups in total. The number of nitrogens with one attached hydrogen (secondary N) is 1. The van der Waals surface area contributed by atoms with Crippen LogP contribution in [-0.4, -0.2) is 6.04 Å². The first-order chi connectivity index (χ1) is 7.08. The summed E-state index contributed by atoms with van der Waals surface area (Å²) in [5, 5.41) is 5.07. The maximum Gasteiger partial charge on any atom is 0.0471 e. The highest BCUT2D eigenvalue weighted by Gasteiger charge is 2.25. The second-order valence-corrected chi connectivity index (χ2v) is 5.22. The number of halogens is 2. The standard InChI is InChI=1S/C12H15Cl2N/c1-7(2)15-11-4-3-8-5-9(13)6-10(14)12(8)11/h5-7,11,15H,3-4H2,1-2H3. The lowest BCUT2D eigenvalue weighted by Gasteiger charge is -2.18. The van der Waals surface area contributed by atoms with Crippen LogP contribution in [0.1, 0.15) is 37.4 Å². The van der Waals surface area contributed by atoms with Crippen molar-refractivity contribution in [3.8, 4) is 0 Å². The fraction of sp³-hybridized carbons (Fsp3) is 0.500. The maximum absolute atomic E-state index is 6.23. The van der Waals surface area contributed by atoms with Gasteiger partial charge in [0.1, 0.15) is 0 Å². The van der Waals surface area contributed by atoms with Crippen molar-refractivity contribution < 1.29 is 0 Å². The van der Waals surface area contributed by atoms with Crippen molar-refractivity contribution >= 4 is 23.2 Å². The molecule has 1 aliphatic carbocycles. The Balaban J connectivity index is 2.33. The van der Waals surface area contributed by atoms with Crippen LogP contribution in [0.4, 0.5) is 0 Å². The molecule has 0 aliphatic heterocycles. The Kier molecular flexibility index (Phi) is 3.24. The Morgan fingerprint density at radius 3 is 2.73 bits per heavy atom. The van der Waals surface area contributed by atoms with Crippen LogP contribution in [0.15, 0.2) is 12.1 Å². The Morgan fingerprint density at radius 2 is 2.07 bits per heavy atom. The predicted molar refractivity (Wildman–Crippen MR) is 65.8 cm³/mol. The molecule has 1 aliphatic rings. The van der Waals surface area contributed by atoms with Gasteiger partial charge in [0.05, 0.1) is 0 Å². The SMILES string of the molecule is CC(C)NC1CCc2cc(Cl)cc(Cl)c21. The van der Waals surface area contributed by atoms with E-state index < -0.39 is 0 Å². The van der Waals surface area contributed by atoms with E-state index in [1.807, 2.05) is 12.1 Å². The Hall–Kier alpha value is -0.240. The van der Waals surface area contributed by atoms with Gasteiger partial charge in [-0.15, -0.1) is 0 Å². The molecule has 0 aromatic heterocycles. The van der Waals surface area contributed by atoms with Crippen molar-refractivity contribution in [3.05, 3.63) is 33.3 Å². The molecule has 3 heteroatoms. The van der Waals surface area contributed by atoms with Crippen molar-refractivity contribution in [2.75, 3.05) is 0 Å². The molecule has 2 rings (SSSR count). The number of fused-ring (bicyclic) bond motifs is 1. The van der Waals surface area contributed by atoms with Gasteiger partial charge in [-0.25, -0.2) is 0 Å². The van der Waals surface area contributed by atoms with Crippen LogP contribution >= 0.6 is 23.2 Å². The predicted octanol–water partition coefficient (Wildman–Crippen LogP) is 3.98. The molecular formula is C12H15Cl2N. The first-order valence-corrected chi connectivity index (χ1v) is 6.07. The van der Waals surface area contributed by atoms with Crippen molar-refractivity contribution in [2.45, 2.75) is 38.8 Å². The third kappa shape index (κ3) is 2.30. The molecule has 0 heterocycles. The van der Waals surface area contributed by atoms with Crippen LogP contribution in [0.25, 0.3) is 0 Å². The summed E-state index contributed by atoms with van der Waals surface area (Å²) in [5.74, 6) is 0. The van der Waals surface area contributed by atoms with Crippen LogP contribution < -0.4 is 5.32 Å². The van der Waals surface area contributed by atoms with Crippen LogP contribution in [-0.2, 0) is 6.42 Å². The monoisotopic (exact) mass is 243 g/mol. The molecule has 0 saturated carbocycles. The quantitative estimate of drug-likeness (QED) is 0.829. The van der Waals surface area contributed by atoms with E-state index in [9.17, 15) is 0 Å². The second kappa shape index (κ2) is 4.32. The van der Waals surface area contributed by atoms with Crippen molar-refractivity contribution in [3.63, 3.8) is 0 Å². The minimum absolute atomic E-state index is 0.393. The molecule has 82 valence electrons. The van der Waals surface area contributed by atoms with Crippen LogP contribution in [0.2, 0.25) is 10.0 Å². The Morgan fingerprint density at radius 1 is 1.33 bits per heavy atom. The molecule has 0 bridgehead atoms. The molecule has 0 saturated heterocycles. The summed E-state index contributed by atoms with van der Waals surface area (Å²) in [6, 6.07) is 4.74. The van der Waals surface area contributed by atoms with E-state index in [1.165, 1.54) is 11.1 Å². The fourth-order valence-corrected chi connectivity index (χ4v) is 2.92. The van der Waals surface area contributed by atoms with Gasteiger partial charge in [-0.3, -0.25) is 0 Å². The molecule has 0 amide bonds. The van der Waals surface area contributed by atoms with E-state index >= 15 is 0 Å². The highest BCUT2D eigenvalue weighted by molar-refractivity contribution is 6.35. The molecule has 0 spiro atoms. The largest absolute Gasteiger partial charge is 0.308 e. The second-order valence-electron chi connectivity index (χ2n) is 4.37. The van der Waals surface area contributed by atoms with Gasteiger partial charge >= 0.3 is 0 Å². The third-order valence-corrected chi connectivity index (χ3v) is 3.30. The minimum atomic E-state index is 0.393. The topological polar surface area (TPSA) is 12.0 Å². The molecule has 1 nitrogen and oxygen atoms in total. The van der Waals surface area contributed by atoms with E-state index in [2.05, 4.69) is 19.2 Å². The lowest BCUT2D eigenvalue weighted by molar-refractivity contribution is 0.475. The summed E-state index contributed by atoms with van der Waals surface area (Å²) in [5.41, 5.74) is 2.54. The van der Waals surface area contributed by atoms with Crippen molar-refractivity contribution in [1.82, 2.24) is 5.32 Å². The summed E-state index contributed by atoms with van der Waals surface area (Å²) in [4.78, 5) is 0. The van der Waals surface area contributed by atoms with Gasteiger partial charge in [-0.2, -0.15) is 0 Å². The first-order valence-electron chi connectivity index (χ1n) is 5.32. The Bertz CT molecular complexity index is 374. The smallest absolute Gasteiger partial charge is 0.0471 e. The van der Waals surface area contributed by atoms with Crippen LogP contribution in [0.3, 0.4) is 0 Å². The summed E-state index contributed by atoms with van der Waals surface area (Å²) in [6.07, 6.45) is 2.19. The maximum atomic E-state index is 6.23. The van der Waals surface area contributed by atoms with E-state index in [0.29, 0.717) is 12.1 Å². The van der Waals surface area contributed by atoms with E-state index in [4.69, 9.17) is 23.2 Å². The summed E-state index contributed by atoms with van der Waals surface area (Å²) in [6.45, 7) is 4.31. The average molecular weight is 244 g/mol. The minimum Gasteiger partial charge on any atom is -0.308 e. The molecule has 1 atom stereocenters. The highest BCUT2D eigenvalue weighted by atomic mass is 35.5. The van der Waals surface area contributed by atoms with E-state index in [-0.39, 0.29) is 0 Å². The van der Waals surface area contributed by atoms with Crippen molar-refractivity contribution in [2.24, 2.45) is 0 Å². The summed E-state index contributed by atoms with van der Waals surface area (Å²) in [7, 11) is 0. The van der Waals surface area contributed by atoms with Crippen LogP contribution in [0.5, 0.6) is 0 Å². The normalized spacial score (nSPS) is 19.7. The van der Waals surface area contributed by atoms with Gasteiger partial charge in [0.2, 0.25) is 0 Å². The van der Waals surface area contributed by atoms with Gasteiger partial charge < -0.3 is 5.32 Å². The van der Waals surface area contributed by atoms with Gasteiger partial charge in [0.25, 0.3) is 0 Å². The zero-order chi connectivity index (χ0) is 11.0. The number of hydrogen-bond donors (Lipinski definition) is 1. The summed E-state index contributed by atoms with van der Waals surface area (Å²) >= 11 is 12.2.